The van der Waals surface area contributed by atoms with E-state index in [-0.39, 0.29) is 30.0 Å². The van der Waals surface area contributed by atoms with Gasteiger partial charge in [-0.1, -0.05) is 19.9 Å². The topological polar surface area (TPSA) is 93.0 Å². The second-order valence-corrected chi connectivity index (χ2v) is 9.11. The molecule has 1 aliphatic heterocycles. The smallest absolute Gasteiger partial charge is 0.226 e. The van der Waals surface area contributed by atoms with E-state index in [0.717, 1.165) is 25.3 Å². The number of hydrogen-bond acceptors (Lipinski definition) is 4. The lowest BCUT2D eigenvalue weighted by molar-refractivity contribution is -0.145. The van der Waals surface area contributed by atoms with Crippen molar-refractivity contribution in [2.75, 3.05) is 0 Å². The highest BCUT2D eigenvalue weighted by Gasteiger charge is 2.44. The first kappa shape index (κ1) is 26.1. The van der Waals surface area contributed by atoms with Crippen LogP contribution in [0.25, 0.3) is 5.76 Å². The molecular weight excluding hydrogens is 450 g/mol. The maximum atomic E-state index is 13.7. The fraction of sp³-hybridized carbons (Fsp3) is 0.444. The number of carbonyl (C=O) groups excluding carboxylic acids is 1. The van der Waals surface area contributed by atoms with Gasteiger partial charge < -0.3 is 20.0 Å². The average molecular weight is 483 g/mol. The number of nitrogens with zero attached hydrogens (tertiary/aromatic N) is 2. The Morgan fingerprint density at radius 2 is 1.97 bits per heavy atom. The Bertz CT molecular complexity index is 1080. The molecule has 4 rings (SSSR count). The molecule has 2 atom stereocenters. The summed E-state index contributed by atoms with van der Waals surface area (Å²) in [4.78, 5) is 17.9. The first-order valence-corrected chi connectivity index (χ1v) is 12.0. The zero-order valence-electron chi connectivity index (χ0n) is 20.2. The van der Waals surface area contributed by atoms with E-state index in [1.165, 1.54) is 18.3 Å². The molecule has 1 aliphatic carbocycles. The van der Waals surface area contributed by atoms with Gasteiger partial charge in [-0.2, -0.15) is 5.26 Å². The second kappa shape index (κ2) is 11.8. The molecule has 2 fully saturated rings. The molecule has 2 aromatic rings. The van der Waals surface area contributed by atoms with Gasteiger partial charge in [-0.05, 0) is 75.1 Å². The Balaban J connectivity index is 0.000000623. The number of nitrogens with one attached hydrogen (secondary N) is 2. The molecule has 1 saturated carbocycles. The number of ether oxygens (including phenoxy) is 1. The van der Waals surface area contributed by atoms with E-state index >= 15 is 0 Å². The van der Waals surface area contributed by atoms with Gasteiger partial charge in [0.15, 0.2) is 0 Å². The normalized spacial score (nSPS) is 22.9. The zero-order valence-corrected chi connectivity index (χ0v) is 20.2. The highest BCUT2D eigenvalue weighted by molar-refractivity contribution is 5.81. The molecule has 0 bridgehead atoms. The highest BCUT2D eigenvalue weighted by Crippen LogP contribution is 2.42. The Hall–Kier alpha value is -3.47. The van der Waals surface area contributed by atoms with Crippen LogP contribution in [0.4, 0.5) is 8.78 Å². The lowest BCUT2D eigenvalue weighted by Crippen LogP contribution is -2.46. The summed E-state index contributed by atoms with van der Waals surface area (Å²) in [7, 11) is 0. The van der Waals surface area contributed by atoms with Crippen LogP contribution in [0.1, 0.15) is 75.4 Å². The largest absolute Gasteiger partial charge is 0.489 e. The predicted molar refractivity (Wildman–Crippen MR) is 130 cm³/mol. The van der Waals surface area contributed by atoms with Crippen LogP contribution in [-0.4, -0.2) is 34.2 Å². The van der Waals surface area contributed by atoms with E-state index in [0.29, 0.717) is 42.0 Å². The number of hydrogen-bond donors (Lipinski definition) is 2. The van der Waals surface area contributed by atoms with Gasteiger partial charge in [-0.25, -0.2) is 8.78 Å². The summed E-state index contributed by atoms with van der Waals surface area (Å²) in [6.45, 7) is 7.93. The zero-order chi connectivity index (χ0) is 25.5. The number of aromatic amines is 1. The van der Waals surface area contributed by atoms with Crippen molar-refractivity contribution in [1.82, 2.24) is 9.88 Å². The molecule has 0 radical (unpaired) electrons. The van der Waals surface area contributed by atoms with Crippen molar-refractivity contribution < 1.29 is 18.3 Å². The third-order valence-corrected chi connectivity index (χ3v) is 6.49. The number of amides is 1. The first-order chi connectivity index (χ1) is 16.8. The van der Waals surface area contributed by atoms with Crippen molar-refractivity contribution in [3.05, 3.63) is 65.5 Å². The van der Waals surface area contributed by atoms with Crippen LogP contribution in [0.15, 0.2) is 36.9 Å². The molecule has 1 amide bonds. The fourth-order valence-electron chi connectivity index (χ4n) is 4.56. The lowest BCUT2D eigenvalue weighted by Gasteiger charge is -2.39. The summed E-state index contributed by atoms with van der Waals surface area (Å²) in [5, 5.41) is 15.4. The van der Waals surface area contributed by atoms with Crippen molar-refractivity contribution in [2.24, 2.45) is 5.92 Å². The summed E-state index contributed by atoms with van der Waals surface area (Å²) >= 11 is 0. The molecule has 1 aromatic heterocycles. The first-order valence-electron chi connectivity index (χ1n) is 12.0. The van der Waals surface area contributed by atoms with Gasteiger partial charge in [0.1, 0.15) is 35.3 Å². The average Bonchev–Trinajstić information content (AvgIpc) is 3.42. The van der Waals surface area contributed by atoms with E-state index in [1.807, 2.05) is 13.0 Å². The number of likely N-dealkylation sites (tertiary alicyclic amines) is 1. The molecule has 6 nitrogen and oxygen atoms in total. The van der Waals surface area contributed by atoms with E-state index < -0.39 is 11.6 Å². The van der Waals surface area contributed by atoms with Gasteiger partial charge in [0, 0.05) is 18.0 Å². The third-order valence-electron chi connectivity index (χ3n) is 6.49. The van der Waals surface area contributed by atoms with Gasteiger partial charge in [0.2, 0.25) is 5.91 Å². The predicted octanol–water partition coefficient (Wildman–Crippen LogP) is 6.12. The number of aromatic nitrogens is 1. The number of unbranched alkanes of at least 4 members (excludes halogenated alkanes) is 1. The standard InChI is InChI=1S/C23H23F2N3O2.C4H9N/c1-13-3-6-22(15-7-17(24)11-18(25)8-15)28(13)23(29)16-9-20(10-16)30-14(2)21-5-4-19(12-26)27-21;1-2-3-4-5/h4-5,7-8,11,13,16,20,22,27H,2-3,6,9-10H2,1H3;4-5H,2-3H2,1H3. The summed E-state index contributed by atoms with van der Waals surface area (Å²) in [6.07, 6.45) is 5.96. The molecule has 2 N–H and O–H groups in total. The molecule has 186 valence electrons. The maximum absolute atomic E-state index is 13.7. The summed E-state index contributed by atoms with van der Waals surface area (Å²) in [6, 6.07) is 8.59. The van der Waals surface area contributed by atoms with Gasteiger partial charge in [0.25, 0.3) is 0 Å². The lowest BCUT2D eigenvalue weighted by atomic mass is 9.80. The molecule has 8 heteroatoms. The molecule has 1 aromatic carbocycles. The van der Waals surface area contributed by atoms with E-state index in [1.54, 1.807) is 17.0 Å². The minimum atomic E-state index is -0.628. The van der Waals surface area contributed by atoms with Crippen molar-refractivity contribution >= 4 is 17.9 Å². The van der Waals surface area contributed by atoms with Gasteiger partial charge in [0.05, 0.1) is 11.7 Å². The number of halogens is 2. The Kier molecular flexibility index (Phi) is 8.80. The SMILES string of the molecule is C=C(OC1CC(C(=O)N2C(C)CCC2c2cc(F)cc(F)c2)C1)c1ccc(C#N)[nH]1.CCCC=N. The van der Waals surface area contributed by atoms with Gasteiger partial charge >= 0.3 is 0 Å². The second-order valence-electron chi connectivity index (χ2n) is 9.11. The van der Waals surface area contributed by atoms with Crippen LogP contribution in [0, 0.1) is 34.3 Å². The van der Waals surface area contributed by atoms with Crippen LogP contribution >= 0.6 is 0 Å². The fourth-order valence-corrected chi connectivity index (χ4v) is 4.56. The van der Waals surface area contributed by atoms with Crippen molar-refractivity contribution in [3.63, 3.8) is 0 Å². The van der Waals surface area contributed by atoms with E-state index in [4.69, 9.17) is 15.4 Å². The molecule has 0 spiro atoms. The Morgan fingerprint density at radius 1 is 1.29 bits per heavy atom. The number of benzene rings is 1. The molecule has 1 saturated heterocycles. The molecule has 2 heterocycles. The third kappa shape index (κ3) is 6.36. The Morgan fingerprint density at radius 3 is 2.51 bits per heavy atom. The van der Waals surface area contributed by atoms with Crippen LogP contribution in [0.2, 0.25) is 0 Å². The summed E-state index contributed by atoms with van der Waals surface area (Å²) in [5.74, 6) is -0.989. The Labute approximate surface area is 205 Å². The van der Waals surface area contributed by atoms with Crippen LogP contribution < -0.4 is 0 Å². The van der Waals surface area contributed by atoms with E-state index in [2.05, 4.69) is 18.5 Å². The van der Waals surface area contributed by atoms with Gasteiger partial charge in [-0.3, -0.25) is 4.79 Å². The van der Waals surface area contributed by atoms with Crippen molar-refractivity contribution in [3.8, 4) is 6.07 Å². The number of H-pyrrole nitrogens is 1. The van der Waals surface area contributed by atoms with Crippen molar-refractivity contribution in [2.45, 2.75) is 70.6 Å². The van der Waals surface area contributed by atoms with Crippen LogP contribution in [-0.2, 0) is 9.53 Å². The quantitative estimate of drug-likeness (QED) is 0.368. The molecule has 2 aliphatic rings. The minimum absolute atomic E-state index is 0.00627. The number of carbonyl (C=O) groups is 1. The summed E-state index contributed by atoms with van der Waals surface area (Å²) in [5.41, 5.74) is 1.58. The molecule has 2 unspecified atom stereocenters. The molecular formula is C27H32F2N4O2. The maximum Gasteiger partial charge on any atom is 0.226 e. The van der Waals surface area contributed by atoms with Crippen LogP contribution in [0.3, 0.4) is 0 Å². The van der Waals surface area contributed by atoms with E-state index in [9.17, 15) is 13.6 Å². The van der Waals surface area contributed by atoms with Gasteiger partial charge in [-0.15, -0.1) is 0 Å². The number of nitriles is 1. The highest BCUT2D eigenvalue weighted by atomic mass is 19.1. The summed E-state index contributed by atoms with van der Waals surface area (Å²) < 4.78 is 33.2. The van der Waals surface area contributed by atoms with Crippen molar-refractivity contribution in [1.29, 1.82) is 10.7 Å². The molecule has 35 heavy (non-hydrogen) atoms. The van der Waals surface area contributed by atoms with Crippen LogP contribution in [0.5, 0.6) is 0 Å². The number of rotatable bonds is 7. The monoisotopic (exact) mass is 482 g/mol. The minimum Gasteiger partial charge on any atom is -0.489 e.